The van der Waals surface area contributed by atoms with Gasteiger partial charge in [0.05, 0.1) is 0 Å². The molecule has 0 aliphatic carbocycles. The van der Waals surface area contributed by atoms with Crippen molar-refractivity contribution in [1.29, 1.82) is 0 Å². The highest BCUT2D eigenvalue weighted by molar-refractivity contribution is 6.35. The molecule has 1 N–H and O–H groups in total. The number of benzene rings is 2. The molecule has 0 fully saturated rings. The molecule has 2 aromatic rings. The lowest BCUT2D eigenvalue weighted by atomic mass is 10.1. The highest BCUT2D eigenvalue weighted by atomic mass is 35.5. The molecule has 19 heavy (non-hydrogen) atoms. The topological polar surface area (TPSA) is 12.0 Å². The smallest absolute Gasteiger partial charge is 0.123 e. The van der Waals surface area contributed by atoms with Gasteiger partial charge in [0.25, 0.3) is 0 Å². The Bertz CT molecular complexity index is 540. The molecule has 0 saturated heterocycles. The van der Waals surface area contributed by atoms with Crippen LogP contribution in [-0.2, 0) is 13.0 Å². The maximum atomic E-state index is 12.7. The van der Waals surface area contributed by atoms with Crippen LogP contribution in [0.2, 0.25) is 10.0 Å². The molecule has 2 aromatic carbocycles. The summed E-state index contributed by atoms with van der Waals surface area (Å²) >= 11 is 11.9. The maximum Gasteiger partial charge on any atom is 0.123 e. The minimum atomic E-state index is -0.211. The Morgan fingerprint density at radius 2 is 1.74 bits per heavy atom. The zero-order valence-corrected chi connectivity index (χ0v) is 11.8. The van der Waals surface area contributed by atoms with E-state index < -0.39 is 0 Å². The Kier molecular flexibility index (Phi) is 5.20. The Hall–Kier alpha value is -1.09. The zero-order chi connectivity index (χ0) is 13.7. The summed E-state index contributed by atoms with van der Waals surface area (Å²) in [7, 11) is 0. The van der Waals surface area contributed by atoms with Crippen LogP contribution in [0.15, 0.2) is 42.5 Å². The molecule has 0 atom stereocenters. The van der Waals surface area contributed by atoms with Gasteiger partial charge in [-0.25, -0.2) is 4.39 Å². The SMILES string of the molecule is Fc1ccc(CNCCc2ccc(Cl)cc2Cl)cc1. The molecule has 0 aliphatic rings. The summed E-state index contributed by atoms with van der Waals surface area (Å²) in [6, 6.07) is 12.0. The van der Waals surface area contributed by atoms with Crippen molar-refractivity contribution in [2.75, 3.05) is 6.54 Å². The molecule has 0 saturated carbocycles. The fourth-order valence-corrected chi connectivity index (χ4v) is 2.29. The van der Waals surface area contributed by atoms with E-state index in [-0.39, 0.29) is 5.82 Å². The van der Waals surface area contributed by atoms with E-state index >= 15 is 0 Å². The van der Waals surface area contributed by atoms with Crippen LogP contribution in [-0.4, -0.2) is 6.54 Å². The van der Waals surface area contributed by atoms with Gasteiger partial charge in [-0.05, 0) is 48.4 Å². The largest absolute Gasteiger partial charge is 0.312 e. The second kappa shape index (κ2) is 6.90. The van der Waals surface area contributed by atoms with Crippen LogP contribution < -0.4 is 5.32 Å². The number of hydrogen-bond donors (Lipinski definition) is 1. The van der Waals surface area contributed by atoms with Crippen molar-refractivity contribution in [2.45, 2.75) is 13.0 Å². The van der Waals surface area contributed by atoms with E-state index in [1.54, 1.807) is 18.2 Å². The van der Waals surface area contributed by atoms with Gasteiger partial charge in [-0.2, -0.15) is 0 Å². The fraction of sp³-hybridized carbons (Fsp3) is 0.200. The number of rotatable bonds is 5. The second-order valence-corrected chi connectivity index (χ2v) is 5.13. The molecule has 0 aromatic heterocycles. The monoisotopic (exact) mass is 297 g/mol. The summed E-state index contributed by atoms with van der Waals surface area (Å²) in [5.74, 6) is -0.211. The first-order valence-electron chi connectivity index (χ1n) is 6.04. The van der Waals surface area contributed by atoms with Gasteiger partial charge in [0.2, 0.25) is 0 Å². The molecular formula is C15H14Cl2FN. The van der Waals surface area contributed by atoms with Gasteiger partial charge in [-0.15, -0.1) is 0 Å². The molecule has 0 spiro atoms. The summed E-state index contributed by atoms with van der Waals surface area (Å²) < 4.78 is 12.7. The number of halogens is 3. The Morgan fingerprint density at radius 1 is 1.00 bits per heavy atom. The van der Waals surface area contributed by atoms with Crippen molar-refractivity contribution < 1.29 is 4.39 Å². The van der Waals surface area contributed by atoms with Crippen LogP contribution in [0.25, 0.3) is 0 Å². The van der Waals surface area contributed by atoms with Gasteiger partial charge in [-0.1, -0.05) is 41.4 Å². The van der Waals surface area contributed by atoms with Gasteiger partial charge in [-0.3, -0.25) is 0 Å². The Labute approximate surface area is 122 Å². The van der Waals surface area contributed by atoms with Crippen LogP contribution in [0.3, 0.4) is 0 Å². The first-order valence-corrected chi connectivity index (χ1v) is 6.80. The van der Waals surface area contributed by atoms with E-state index in [0.29, 0.717) is 16.6 Å². The van der Waals surface area contributed by atoms with Gasteiger partial charge in [0.15, 0.2) is 0 Å². The van der Waals surface area contributed by atoms with Crippen LogP contribution in [0, 0.1) is 5.82 Å². The average molecular weight is 298 g/mol. The minimum absolute atomic E-state index is 0.211. The molecular weight excluding hydrogens is 284 g/mol. The molecule has 1 nitrogen and oxygen atoms in total. The van der Waals surface area contributed by atoms with E-state index in [1.807, 2.05) is 12.1 Å². The molecule has 0 unspecified atom stereocenters. The van der Waals surface area contributed by atoms with Gasteiger partial charge >= 0.3 is 0 Å². The number of nitrogens with one attached hydrogen (secondary N) is 1. The van der Waals surface area contributed by atoms with Crippen LogP contribution >= 0.6 is 23.2 Å². The number of hydrogen-bond acceptors (Lipinski definition) is 1. The summed E-state index contributed by atoms with van der Waals surface area (Å²) in [6.07, 6.45) is 0.831. The Balaban J connectivity index is 1.79. The molecule has 0 bridgehead atoms. The second-order valence-electron chi connectivity index (χ2n) is 4.29. The van der Waals surface area contributed by atoms with Crippen molar-refractivity contribution in [3.05, 3.63) is 69.5 Å². The molecule has 0 aliphatic heterocycles. The van der Waals surface area contributed by atoms with Gasteiger partial charge in [0.1, 0.15) is 5.82 Å². The lowest BCUT2D eigenvalue weighted by Crippen LogP contribution is -2.16. The standard InChI is InChI=1S/C15H14Cl2FN/c16-13-4-3-12(15(17)9-13)7-8-19-10-11-1-5-14(18)6-2-11/h1-6,9,19H,7-8,10H2. The summed E-state index contributed by atoms with van der Waals surface area (Å²) in [5.41, 5.74) is 2.13. The quantitative estimate of drug-likeness (QED) is 0.803. The van der Waals surface area contributed by atoms with E-state index in [1.165, 1.54) is 12.1 Å². The van der Waals surface area contributed by atoms with Gasteiger partial charge in [0, 0.05) is 16.6 Å². The van der Waals surface area contributed by atoms with Crippen molar-refractivity contribution in [1.82, 2.24) is 5.32 Å². The molecule has 0 radical (unpaired) electrons. The van der Waals surface area contributed by atoms with Crippen LogP contribution in [0.4, 0.5) is 4.39 Å². The maximum absolute atomic E-state index is 12.7. The average Bonchev–Trinajstić information content (AvgIpc) is 2.39. The van der Waals surface area contributed by atoms with Crippen LogP contribution in [0.5, 0.6) is 0 Å². The third kappa shape index (κ3) is 4.50. The zero-order valence-electron chi connectivity index (χ0n) is 10.3. The van der Waals surface area contributed by atoms with Crippen molar-refractivity contribution >= 4 is 23.2 Å². The fourth-order valence-electron chi connectivity index (χ4n) is 1.78. The van der Waals surface area contributed by atoms with E-state index in [0.717, 1.165) is 24.1 Å². The normalized spacial score (nSPS) is 10.7. The van der Waals surface area contributed by atoms with E-state index in [9.17, 15) is 4.39 Å². The molecule has 2 rings (SSSR count). The first kappa shape index (κ1) is 14.3. The highest BCUT2D eigenvalue weighted by Crippen LogP contribution is 2.21. The summed E-state index contributed by atoms with van der Waals surface area (Å²) in [6.45, 7) is 1.52. The highest BCUT2D eigenvalue weighted by Gasteiger charge is 2.01. The summed E-state index contributed by atoms with van der Waals surface area (Å²) in [5, 5.41) is 4.63. The van der Waals surface area contributed by atoms with Crippen molar-refractivity contribution in [3.8, 4) is 0 Å². The first-order chi connectivity index (χ1) is 9.15. The van der Waals surface area contributed by atoms with E-state index in [4.69, 9.17) is 23.2 Å². The van der Waals surface area contributed by atoms with E-state index in [2.05, 4.69) is 5.32 Å². The summed E-state index contributed by atoms with van der Waals surface area (Å²) in [4.78, 5) is 0. The third-order valence-electron chi connectivity index (χ3n) is 2.83. The van der Waals surface area contributed by atoms with Crippen molar-refractivity contribution in [3.63, 3.8) is 0 Å². The molecule has 0 heterocycles. The van der Waals surface area contributed by atoms with Crippen molar-refractivity contribution in [2.24, 2.45) is 0 Å². The lowest BCUT2D eigenvalue weighted by Gasteiger charge is -2.07. The molecule has 0 amide bonds. The molecule has 100 valence electrons. The third-order valence-corrected chi connectivity index (χ3v) is 3.42. The van der Waals surface area contributed by atoms with Crippen LogP contribution in [0.1, 0.15) is 11.1 Å². The Morgan fingerprint density at radius 3 is 2.42 bits per heavy atom. The van der Waals surface area contributed by atoms with Gasteiger partial charge < -0.3 is 5.32 Å². The minimum Gasteiger partial charge on any atom is -0.312 e. The predicted molar refractivity (Wildman–Crippen MR) is 78.3 cm³/mol. The lowest BCUT2D eigenvalue weighted by molar-refractivity contribution is 0.625. The predicted octanol–water partition coefficient (Wildman–Crippen LogP) is 4.46. The molecule has 4 heteroatoms.